The molecular formula is C4H6O3. The van der Waals surface area contributed by atoms with E-state index in [0.29, 0.717) is 0 Å². The van der Waals surface area contributed by atoms with E-state index in [1.54, 1.807) is 0 Å². The van der Waals surface area contributed by atoms with Crippen molar-refractivity contribution in [2.45, 2.75) is 13.3 Å². The summed E-state index contributed by atoms with van der Waals surface area (Å²) in [6.07, 6.45) is 0.0950. The van der Waals surface area contributed by atoms with Crippen LogP contribution in [0, 0.1) is 0 Å². The van der Waals surface area contributed by atoms with Gasteiger partial charge in [0, 0.05) is 6.42 Å². The van der Waals surface area contributed by atoms with Crippen LogP contribution >= 0.6 is 0 Å². The highest BCUT2D eigenvalue weighted by atomic mass is 16.4. The molecule has 0 aromatic carbocycles. The number of carboxylic acids is 1. The maximum absolute atomic E-state index is 10.1. The molecule has 0 aliphatic rings. The van der Waals surface area contributed by atoms with Crippen LogP contribution < -0.4 is 0 Å². The molecule has 0 unspecified atom stereocenters. The number of carbonyl (C=O) groups is 2. The highest BCUT2D eigenvalue weighted by molar-refractivity contribution is 6.32. The molecule has 0 spiro atoms. The fourth-order valence-electron chi connectivity index (χ4n) is 0.144. The first-order valence-electron chi connectivity index (χ1n) is 2.33. The van der Waals surface area contributed by atoms with Crippen molar-refractivity contribution in [1.82, 2.24) is 0 Å². The van der Waals surface area contributed by atoms with Crippen molar-refractivity contribution in [3.63, 3.8) is 0 Å². The molecule has 0 atom stereocenters. The average molecular weight is 103 g/mol. The smallest absolute Gasteiger partial charge is 0.372 e. The van der Waals surface area contributed by atoms with E-state index < -0.39 is 11.8 Å². The average Bonchev–Trinajstić information content (AvgIpc) is 1.84. The van der Waals surface area contributed by atoms with Crippen LogP contribution in [0.15, 0.2) is 0 Å². The molecule has 0 aromatic rings. The quantitative estimate of drug-likeness (QED) is 0.502. The zero-order chi connectivity index (χ0) is 6.57. The fraction of sp³-hybridized carbons (Fsp3) is 0.500. The van der Waals surface area contributed by atoms with Gasteiger partial charge in [0.05, 0.1) is 0 Å². The second-order valence-corrected chi connectivity index (χ2v) is 1.06. The minimum Gasteiger partial charge on any atom is -0.476 e. The standard InChI is InChI=1S/C4H6O3/c1-2-3(5)4(6)7/h2H2,1H3,(H,6,7)/i/hD. The minimum absolute atomic E-state index is 0.0950. The highest BCUT2D eigenvalue weighted by Gasteiger charge is 2.05. The van der Waals surface area contributed by atoms with Crippen LogP contribution in [0.3, 0.4) is 0 Å². The molecule has 7 heavy (non-hydrogen) atoms. The van der Waals surface area contributed by atoms with Gasteiger partial charge >= 0.3 is 5.97 Å². The van der Waals surface area contributed by atoms with Gasteiger partial charge in [-0.2, -0.15) is 0 Å². The molecule has 0 radical (unpaired) electrons. The largest absolute Gasteiger partial charge is 0.476 e. The van der Waals surface area contributed by atoms with Gasteiger partial charge in [-0.05, 0) is 0 Å². The number of carbonyl (C=O) groups excluding carboxylic acids is 1. The molecule has 0 fully saturated rings. The monoisotopic (exact) mass is 103 g/mol. The zero-order valence-corrected chi connectivity index (χ0v) is 3.93. The molecule has 0 rings (SSSR count). The van der Waals surface area contributed by atoms with Crippen molar-refractivity contribution in [1.29, 1.82) is 1.43 Å². The van der Waals surface area contributed by atoms with Gasteiger partial charge in [0.25, 0.3) is 1.43 Å². The van der Waals surface area contributed by atoms with Gasteiger partial charge in [-0.25, -0.2) is 4.79 Å². The molecule has 0 aliphatic carbocycles. The maximum Gasteiger partial charge on any atom is 0.372 e. The number of ketones is 1. The lowest BCUT2D eigenvalue weighted by atomic mass is 10.3. The lowest BCUT2D eigenvalue weighted by molar-refractivity contribution is -0.148. The van der Waals surface area contributed by atoms with Crippen LogP contribution in [0.25, 0.3) is 1.43 Å². The lowest BCUT2D eigenvalue weighted by Crippen LogP contribution is -2.09. The zero-order valence-electron chi connectivity index (χ0n) is 4.93. The molecule has 40 valence electrons. The van der Waals surface area contributed by atoms with E-state index in [-0.39, 0.29) is 6.42 Å². The Labute approximate surface area is 42.4 Å². The second kappa shape index (κ2) is 2.34. The molecule has 0 saturated heterocycles. The Morgan fingerprint density at radius 1 is 1.86 bits per heavy atom. The normalized spacial score (nSPS) is 9.57. The van der Waals surface area contributed by atoms with Crippen molar-refractivity contribution in [2.24, 2.45) is 0 Å². The summed E-state index contributed by atoms with van der Waals surface area (Å²) < 4.78 is 5.97. The first-order chi connectivity index (χ1) is 3.72. The number of rotatable bonds is 2. The predicted molar refractivity (Wildman–Crippen MR) is 22.9 cm³/mol. The van der Waals surface area contributed by atoms with Crippen LogP contribution in [-0.4, -0.2) is 16.9 Å². The van der Waals surface area contributed by atoms with Gasteiger partial charge in [0.2, 0.25) is 5.78 Å². The highest BCUT2D eigenvalue weighted by Crippen LogP contribution is 1.76. The van der Waals surface area contributed by atoms with Crippen LogP contribution in [0.1, 0.15) is 13.3 Å². The molecular weight excluding hydrogens is 96.0 g/mol. The summed E-state index contributed by atoms with van der Waals surface area (Å²) in [5.41, 5.74) is 0. The molecule has 0 bridgehead atoms. The van der Waals surface area contributed by atoms with Crippen molar-refractivity contribution in [3.8, 4) is 0 Å². The summed E-state index contributed by atoms with van der Waals surface area (Å²) in [4.78, 5) is 20.1. The molecule has 3 heteroatoms. The third-order valence-corrected chi connectivity index (χ3v) is 0.549. The van der Waals surface area contributed by atoms with Gasteiger partial charge in [-0.15, -0.1) is 0 Å². The summed E-state index contributed by atoms with van der Waals surface area (Å²) in [5.74, 6) is -1.76. The number of hydrogen-bond acceptors (Lipinski definition) is 3. The van der Waals surface area contributed by atoms with Gasteiger partial charge in [-0.1, -0.05) is 6.92 Å². The van der Waals surface area contributed by atoms with Crippen molar-refractivity contribution < 1.29 is 14.7 Å². The van der Waals surface area contributed by atoms with E-state index in [1.165, 1.54) is 6.92 Å². The third kappa shape index (κ3) is 1.92. The topological polar surface area (TPSA) is 54.4 Å². The van der Waals surface area contributed by atoms with Gasteiger partial charge in [-0.3, -0.25) is 4.79 Å². The predicted octanol–water partition coefficient (Wildman–Crippen LogP) is 0.0501. The van der Waals surface area contributed by atoms with Crippen molar-refractivity contribution in [2.75, 3.05) is 0 Å². The minimum atomic E-state index is -1.09. The lowest BCUT2D eigenvalue weighted by Gasteiger charge is -1.80. The van der Waals surface area contributed by atoms with Crippen molar-refractivity contribution in [3.05, 3.63) is 0 Å². The molecule has 0 aliphatic heterocycles. The van der Waals surface area contributed by atoms with E-state index >= 15 is 0 Å². The Morgan fingerprint density at radius 3 is 2.57 bits per heavy atom. The van der Waals surface area contributed by atoms with E-state index in [1.807, 2.05) is 0 Å². The first-order valence-corrected chi connectivity index (χ1v) is 1.92. The number of aliphatic carboxylic acids is 1. The summed E-state index contributed by atoms with van der Waals surface area (Å²) >= 11 is 0. The van der Waals surface area contributed by atoms with Crippen molar-refractivity contribution >= 4 is 11.8 Å². The summed E-state index contributed by atoms with van der Waals surface area (Å²) in [6, 6.07) is 0. The number of hydrogen-bond donors (Lipinski definition) is 1. The fourth-order valence-corrected chi connectivity index (χ4v) is 0.144. The SMILES string of the molecule is [2H]OC(=O)C(=O)CC. The Morgan fingerprint density at radius 2 is 2.43 bits per heavy atom. The molecule has 0 aromatic heterocycles. The van der Waals surface area contributed by atoms with Crippen LogP contribution in [-0.2, 0) is 9.59 Å². The van der Waals surface area contributed by atoms with E-state index in [2.05, 4.69) is 5.11 Å². The van der Waals surface area contributed by atoms with Gasteiger partial charge in [0.15, 0.2) is 0 Å². The number of Topliss-reactive ketones (excluding diaryl/α,β-unsaturated/α-hetero) is 1. The van der Waals surface area contributed by atoms with Crippen LogP contribution in [0.2, 0.25) is 0 Å². The van der Waals surface area contributed by atoms with Gasteiger partial charge < -0.3 is 5.11 Å². The van der Waals surface area contributed by atoms with E-state index in [0.717, 1.165) is 0 Å². The maximum atomic E-state index is 10.1. The Balaban J connectivity index is 3.64. The Hall–Kier alpha value is -0.860. The molecule has 3 nitrogen and oxygen atoms in total. The van der Waals surface area contributed by atoms with Gasteiger partial charge in [0.1, 0.15) is 0 Å². The summed E-state index contributed by atoms with van der Waals surface area (Å²) in [5, 5.41) is 3.36. The second-order valence-electron chi connectivity index (χ2n) is 1.06. The molecule has 1 N–H and O–H groups in total. The summed E-state index contributed by atoms with van der Waals surface area (Å²) in [6.45, 7) is 1.53. The Kier molecular flexibility index (Phi) is 1.44. The third-order valence-electron chi connectivity index (χ3n) is 0.549. The first kappa shape index (κ1) is 4.30. The van der Waals surface area contributed by atoms with E-state index in [4.69, 9.17) is 1.43 Å². The van der Waals surface area contributed by atoms with Crippen LogP contribution in [0.5, 0.6) is 0 Å². The molecule has 0 amide bonds. The van der Waals surface area contributed by atoms with E-state index in [9.17, 15) is 9.59 Å². The molecule has 0 saturated carbocycles. The van der Waals surface area contributed by atoms with Crippen LogP contribution in [0.4, 0.5) is 0 Å². The number of carboxylic acid groups (broad SMARTS) is 1. The molecule has 0 heterocycles. The summed E-state index contributed by atoms with van der Waals surface area (Å²) in [7, 11) is 0. The Bertz CT molecular complexity index is 95.9.